The van der Waals surface area contributed by atoms with Crippen LogP contribution in [0.2, 0.25) is 0 Å². The molecule has 1 aliphatic carbocycles. The summed E-state index contributed by atoms with van der Waals surface area (Å²) in [7, 11) is 1.71. The number of thioether (sulfide) groups is 1. The van der Waals surface area contributed by atoms with Crippen LogP contribution in [0.5, 0.6) is 0 Å². The Kier molecular flexibility index (Phi) is 3.63. The van der Waals surface area contributed by atoms with Gasteiger partial charge in [0.25, 0.3) is 0 Å². The summed E-state index contributed by atoms with van der Waals surface area (Å²) in [5.74, 6) is -0.762. The molecule has 2 N–H and O–H groups in total. The van der Waals surface area contributed by atoms with Crippen molar-refractivity contribution in [3.63, 3.8) is 0 Å². The number of likely N-dealkylation sites (N-methyl/N-ethyl adjacent to an activating group) is 1. The van der Waals surface area contributed by atoms with E-state index in [-0.39, 0.29) is 5.25 Å². The fourth-order valence-corrected chi connectivity index (χ4v) is 3.33. The zero-order valence-corrected chi connectivity index (χ0v) is 10.4. The molecule has 1 heterocycles. The van der Waals surface area contributed by atoms with Crippen molar-refractivity contribution in [2.75, 3.05) is 7.05 Å². The molecule has 0 amide bonds. The number of aromatic nitrogens is 2. The van der Waals surface area contributed by atoms with Gasteiger partial charge in [0.2, 0.25) is 0 Å². The lowest BCUT2D eigenvalue weighted by Crippen LogP contribution is -2.48. The van der Waals surface area contributed by atoms with Crippen LogP contribution in [-0.2, 0) is 4.79 Å². The van der Waals surface area contributed by atoms with Crippen molar-refractivity contribution in [2.24, 2.45) is 0 Å². The highest BCUT2D eigenvalue weighted by Gasteiger charge is 2.44. The lowest BCUT2D eigenvalue weighted by Gasteiger charge is -2.23. The number of hydrogen-bond donors (Lipinski definition) is 2. The Morgan fingerprint density at radius 3 is 3.00 bits per heavy atom. The third-order valence-corrected chi connectivity index (χ3v) is 4.37. The topological polar surface area (TPSA) is 75.1 Å². The number of nitrogens with zero attached hydrogens (tertiary/aromatic N) is 2. The van der Waals surface area contributed by atoms with Crippen molar-refractivity contribution < 1.29 is 9.90 Å². The van der Waals surface area contributed by atoms with Crippen LogP contribution in [-0.4, -0.2) is 38.9 Å². The minimum absolute atomic E-state index is 0.287. The van der Waals surface area contributed by atoms with E-state index in [1.165, 1.54) is 0 Å². The Balaban J connectivity index is 2.01. The molecular formula is C11H15N3O2S. The minimum atomic E-state index is -0.764. The summed E-state index contributed by atoms with van der Waals surface area (Å²) in [6, 6.07) is 0. The van der Waals surface area contributed by atoms with Crippen LogP contribution in [0.15, 0.2) is 23.6 Å². The van der Waals surface area contributed by atoms with Crippen molar-refractivity contribution in [1.82, 2.24) is 15.3 Å². The molecule has 17 heavy (non-hydrogen) atoms. The van der Waals surface area contributed by atoms with Crippen LogP contribution in [0.4, 0.5) is 0 Å². The summed E-state index contributed by atoms with van der Waals surface area (Å²) in [5.41, 5.74) is -0.764. The normalized spacial score (nSPS) is 28.2. The maximum absolute atomic E-state index is 11.3. The molecule has 0 radical (unpaired) electrons. The summed E-state index contributed by atoms with van der Waals surface area (Å²) < 4.78 is 0. The van der Waals surface area contributed by atoms with Crippen LogP contribution in [0.1, 0.15) is 19.3 Å². The number of carbonyl (C=O) groups is 1. The Labute approximate surface area is 104 Å². The van der Waals surface area contributed by atoms with Crippen LogP contribution in [0.25, 0.3) is 0 Å². The van der Waals surface area contributed by atoms with Crippen LogP contribution < -0.4 is 5.32 Å². The van der Waals surface area contributed by atoms with Crippen molar-refractivity contribution in [1.29, 1.82) is 0 Å². The van der Waals surface area contributed by atoms with Gasteiger partial charge in [-0.25, -0.2) is 4.98 Å². The van der Waals surface area contributed by atoms with Crippen molar-refractivity contribution in [3.05, 3.63) is 18.6 Å². The molecule has 2 atom stereocenters. The zero-order valence-electron chi connectivity index (χ0n) is 9.59. The Morgan fingerprint density at radius 1 is 1.65 bits per heavy atom. The van der Waals surface area contributed by atoms with Gasteiger partial charge in [0.05, 0.1) is 6.20 Å². The number of hydrogen-bond acceptors (Lipinski definition) is 5. The Hall–Kier alpha value is -1.14. The molecule has 1 aliphatic rings. The first-order valence-electron chi connectivity index (χ1n) is 5.51. The predicted octanol–water partition coefficient (Wildman–Crippen LogP) is 1.16. The summed E-state index contributed by atoms with van der Waals surface area (Å²) >= 11 is 1.61. The highest BCUT2D eigenvalue weighted by molar-refractivity contribution is 7.99. The largest absolute Gasteiger partial charge is 0.480 e. The molecular weight excluding hydrogens is 238 g/mol. The molecule has 1 aromatic heterocycles. The summed E-state index contributed by atoms with van der Waals surface area (Å²) in [6.45, 7) is 0. The molecule has 0 aromatic carbocycles. The van der Waals surface area contributed by atoms with Crippen molar-refractivity contribution in [3.8, 4) is 0 Å². The second-order valence-corrected chi connectivity index (χ2v) is 5.48. The van der Waals surface area contributed by atoms with E-state index in [0.29, 0.717) is 12.8 Å². The molecule has 1 fully saturated rings. The number of aliphatic carboxylic acids is 1. The second kappa shape index (κ2) is 5.01. The van der Waals surface area contributed by atoms with Gasteiger partial charge in [-0.2, -0.15) is 0 Å². The summed E-state index contributed by atoms with van der Waals surface area (Å²) in [5, 5.41) is 13.3. The van der Waals surface area contributed by atoms with Gasteiger partial charge in [-0.15, -0.1) is 11.8 Å². The molecule has 0 spiro atoms. The van der Waals surface area contributed by atoms with Gasteiger partial charge in [0.1, 0.15) is 10.6 Å². The van der Waals surface area contributed by atoms with E-state index in [0.717, 1.165) is 11.4 Å². The van der Waals surface area contributed by atoms with Gasteiger partial charge in [0, 0.05) is 17.6 Å². The third kappa shape index (κ3) is 2.58. The van der Waals surface area contributed by atoms with Crippen LogP contribution in [0, 0.1) is 0 Å². The summed E-state index contributed by atoms with van der Waals surface area (Å²) in [6.07, 6.45) is 7.17. The van der Waals surface area contributed by atoms with Gasteiger partial charge in [-0.3, -0.25) is 9.78 Å². The minimum Gasteiger partial charge on any atom is -0.480 e. The third-order valence-electron chi connectivity index (χ3n) is 3.18. The lowest BCUT2D eigenvalue weighted by atomic mass is 9.99. The molecule has 92 valence electrons. The van der Waals surface area contributed by atoms with Gasteiger partial charge in [-0.1, -0.05) is 0 Å². The lowest BCUT2D eigenvalue weighted by molar-refractivity contribution is -0.144. The predicted molar refractivity (Wildman–Crippen MR) is 65.0 cm³/mol. The van der Waals surface area contributed by atoms with Gasteiger partial charge in [-0.05, 0) is 26.3 Å². The van der Waals surface area contributed by atoms with Gasteiger partial charge >= 0.3 is 5.97 Å². The summed E-state index contributed by atoms with van der Waals surface area (Å²) in [4.78, 5) is 19.4. The average molecular weight is 253 g/mol. The molecule has 0 saturated heterocycles. The number of rotatable bonds is 4. The number of nitrogens with one attached hydrogen (secondary N) is 1. The van der Waals surface area contributed by atoms with E-state index in [4.69, 9.17) is 0 Å². The van der Waals surface area contributed by atoms with E-state index in [2.05, 4.69) is 15.3 Å². The number of carboxylic acids is 1. The smallest absolute Gasteiger partial charge is 0.323 e. The fraction of sp³-hybridized carbons (Fsp3) is 0.545. The highest BCUT2D eigenvalue weighted by atomic mass is 32.2. The molecule has 5 nitrogen and oxygen atoms in total. The molecule has 1 saturated carbocycles. The SMILES string of the molecule is CNC1(C(=O)O)CCC(Sc2cnccn2)C1. The molecule has 1 aromatic rings. The van der Waals surface area contributed by atoms with Crippen molar-refractivity contribution in [2.45, 2.75) is 35.1 Å². The molecule has 2 unspecified atom stereocenters. The molecule has 6 heteroatoms. The van der Waals surface area contributed by atoms with E-state index in [1.54, 1.807) is 37.4 Å². The zero-order chi connectivity index (χ0) is 12.3. The fourth-order valence-electron chi connectivity index (χ4n) is 2.15. The molecule has 0 aliphatic heterocycles. The molecule has 0 bridgehead atoms. The highest BCUT2D eigenvalue weighted by Crippen LogP contribution is 2.39. The van der Waals surface area contributed by atoms with Crippen LogP contribution in [0.3, 0.4) is 0 Å². The quantitative estimate of drug-likeness (QED) is 0.839. The Bertz CT molecular complexity index is 401. The van der Waals surface area contributed by atoms with Crippen LogP contribution >= 0.6 is 11.8 Å². The van der Waals surface area contributed by atoms with Gasteiger partial charge < -0.3 is 10.4 Å². The molecule has 2 rings (SSSR count). The van der Waals surface area contributed by atoms with E-state index < -0.39 is 11.5 Å². The number of carboxylic acid groups (broad SMARTS) is 1. The van der Waals surface area contributed by atoms with Gasteiger partial charge in [0.15, 0.2) is 0 Å². The van der Waals surface area contributed by atoms with E-state index in [9.17, 15) is 9.90 Å². The first-order chi connectivity index (χ1) is 8.16. The first-order valence-corrected chi connectivity index (χ1v) is 6.39. The Morgan fingerprint density at radius 2 is 2.47 bits per heavy atom. The first kappa shape index (κ1) is 12.3. The van der Waals surface area contributed by atoms with E-state index >= 15 is 0 Å². The maximum atomic E-state index is 11.3. The van der Waals surface area contributed by atoms with Crippen molar-refractivity contribution >= 4 is 17.7 Å². The standard InChI is InChI=1S/C11H15N3O2S/c1-12-11(10(15)16)3-2-8(6-11)17-9-7-13-4-5-14-9/h4-5,7-8,12H,2-3,6H2,1H3,(H,15,16). The van der Waals surface area contributed by atoms with E-state index in [1.807, 2.05) is 0 Å². The monoisotopic (exact) mass is 253 g/mol. The average Bonchev–Trinajstić information content (AvgIpc) is 2.75. The second-order valence-electron chi connectivity index (χ2n) is 4.16. The maximum Gasteiger partial charge on any atom is 0.323 e.